The molecular weight excluding hydrogens is 406 g/mol. The Bertz CT molecular complexity index is 914. The average molecular weight is 438 g/mol. The van der Waals surface area contributed by atoms with Crippen LogP contribution in [0.25, 0.3) is 0 Å². The maximum Gasteiger partial charge on any atom is 0.258 e. The minimum absolute atomic E-state index is 0.0323. The highest BCUT2D eigenvalue weighted by molar-refractivity contribution is 5.97. The van der Waals surface area contributed by atoms with Gasteiger partial charge in [0.25, 0.3) is 5.91 Å². The monoisotopic (exact) mass is 437 g/mol. The quantitative estimate of drug-likeness (QED) is 0.695. The molecule has 1 atom stereocenters. The first-order valence-electron chi connectivity index (χ1n) is 11.3. The van der Waals surface area contributed by atoms with Gasteiger partial charge in [-0.3, -0.25) is 14.5 Å². The minimum atomic E-state index is -0.192. The van der Waals surface area contributed by atoms with Crippen molar-refractivity contribution < 1.29 is 19.1 Å². The van der Waals surface area contributed by atoms with Gasteiger partial charge in [-0.2, -0.15) is 0 Å². The summed E-state index contributed by atoms with van der Waals surface area (Å²) in [6.07, 6.45) is 0. The summed E-state index contributed by atoms with van der Waals surface area (Å²) in [4.78, 5) is 31.7. The van der Waals surface area contributed by atoms with Gasteiger partial charge < -0.3 is 19.3 Å². The van der Waals surface area contributed by atoms with Crippen molar-refractivity contribution in [3.63, 3.8) is 0 Å². The fraction of sp³-hybridized carbons (Fsp3) is 0.440. The van der Waals surface area contributed by atoms with Crippen LogP contribution in [0.3, 0.4) is 0 Å². The Balaban J connectivity index is 1.50. The lowest BCUT2D eigenvalue weighted by molar-refractivity contribution is -0.131. The maximum absolute atomic E-state index is 13.7. The zero-order chi connectivity index (χ0) is 22.3. The number of rotatable bonds is 6. The van der Waals surface area contributed by atoms with E-state index < -0.39 is 0 Å². The van der Waals surface area contributed by atoms with Crippen molar-refractivity contribution in [1.82, 2.24) is 14.7 Å². The second kappa shape index (κ2) is 10.6. The zero-order valence-electron chi connectivity index (χ0n) is 18.6. The summed E-state index contributed by atoms with van der Waals surface area (Å²) in [5, 5.41) is 0. The van der Waals surface area contributed by atoms with Crippen molar-refractivity contribution in [2.24, 2.45) is 0 Å². The van der Waals surface area contributed by atoms with Gasteiger partial charge in [-0.1, -0.05) is 42.5 Å². The molecule has 0 saturated carbocycles. The smallest absolute Gasteiger partial charge is 0.258 e. The molecule has 0 aromatic heterocycles. The summed E-state index contributed by atoms with van der Waals surface area (Å²) in [5.41, 5.74) is 1.59. The number of benzene rings is 2. The maximum atomic E-state index is 13.7. The van der Waals surface area contributed by atoms with E-state index in [0.29, 0.717) is 37.6 Å². The third-order valence-corrected chi connectivity index (χ3v) is 6.16. The van der Waals surface area contributed by atoms with Gasteiger partial charge in [-0.25, -0.2) is 0 Å². The van der Waals surface area contributed by atoms with Crippen LogP contribution in [0.4, 0.5) is 0 Å². The number of carbonyl (C=O) groups is 2. The van der Waals surface area contributed by atoms with E-state index in [1.807, 2.05) is 64.4 Å². The topological polar surface area (TPSA) is 62.3 Å². The molecule has 2 aromatic rings. The van der Waals surface area contributed by atoms with Gasteiger partial charge in [-0.05, 0) is 17.7 Å². The summed E-state index contributed by atoms with van der Waals surface area (Å²) < 4.78 is 11.5. The second-order valence-corrected chi connectivity index (χ2v) is 8.19. The number of para-hydroxylation sites is 1. The molecule has 2 aromatic carbocycles. The largest absolute Gasteiger partial charge is 0.491 e. The molecule has 170 valence electrons. The summed E-state index contributed by atoms with van der Waals surface area (Å²) in [6, 6.07) is 17.2. The van der Waals surface area contributed by atoms with Crippen LogP contribution in [0, 0.1) is 0 Å². The van der Waals surface area contributed by atoms with E-state index in [0.717, 1.165) is 38.4 Å². The number of hydrogen-bond acceptors (Lipinski definition) is 5. The Labute approximate surface area is 189 Å². The van der Waals surface area contributed by atoms with Crippen molar-refractivity contribution >= 4 is 11.8 Å². The molecule has 0 spiro atoms. The van der Waals surface area contributed by atoms with Crippen molar-refractivity contribution in [2.75, 3.05) is 59.1 Å². The van der Waals surface area contributed by atoms with Gasteiger partial charge in [0.1, 0.15) is 12.4 Å². The molecule has 7 nitrogen and oxygen atoms in total. The third kappa shape index (κ3) is 5.29. The molecule has 2 fully saturated rings. The van der Waals surface area contributed by atoms with Crippen LogP contribution < -0.4 is 4.74 Å². The highest BCUT2D eigenvalue weighted by Gasteiger charge is 2.34. The molecule has 2 amide bonds. The van der Waals surface area contributed by atoms with Gasteiger partial charge >= 0.3 is 0 Å². The molecule has 0 aliphatic carbocycles. The lowest BCUT2D eigenvalue weighted by Gasteiger charge is -2.41. The van der Waals surface area contributed by atoms with Crippen LogP contribution >= 0.6 is 0 Å². The number of ether oxygens (including phenoxy) is 2. The Kier molecular flexibility index (Phi) is 7.39. The SMILES string of the molecule is CC(=O)N1CCN(C(=O)c2ccccc2OCCN2CCOCC2)[C@H](c2ccccc2)C1. The first-order valence-corrected chi connectivity index (χ1v) is 11.3. The van der Waals surface area contributed by atoms with Crippen LogP contribution in [-0.2, 0) is 9.53 Å². The second-order valence-electron chi connectivity index (χ2n) is 8.19. The predicted octanol–water partition coefficient (Wildman–Crippen LogP) is 2.44. The fourth-order valence-electron chi connectivity index (χ4n) is 4.31. The highest BCUT2D eigenvalue weighted by Crippen LogP contribution is 2.29. The number of carbonyl (C=O) groups excluding carboxylic acids is 2. The van der Waals surface area contributed by atoms with E-state index >= 15 is 0 Å². The number of nitrogens with zero attached hydrogens (tertiary/aromatic N) is 3. The number of morpholine rings is 1. The molecule has 0 unspecified atom stereocenters. The van der Waals surface area contributed by atoms with E-state index in [1.165, 1.54) is 0 Å². The Morgan fingerprint density at radius 2 is 1.69 bits per heavy atom. The standard InChI is InChI=1S/C25H31N3O4/c1-20(29)27-11-12-28(23(19-27)21-7-3-2-4-8-21)25(30)22-9-5-6-10-24(22)32-18-15-26-13-16-31-17-14-26/h2-10,23H,11-19H2,1H3/t23-/m0/s1. The zero-order valence-corrected chi connectivity index (χ0v) is 18.6. The summed E-state index contributed by atoms with van der Waals surface area (Å²) in [6.45, 7) is 7.73. The molecule has 7 heteroatoms. The number of piperazine rings is 1. The molecule has 4 rings (SSSR count). The van der Waals surface area contributed by atoms with Gasteiger partial charge in [0.05, 0.1) is 24.8 Å². The summed E-state index contributed by atoms with van der Waals surface area (Å²) >= 11 is 0. The lowest BCUT2D eigenvalue weighted by atomic mass is 10.0. The number of hydrogen-bond donors (Lipinski definition) is 0. The van der Waals surface area contributed by atoms with Crippen LogP contribution in [0.2, 0.25) is 0 Å². The molecule has 2 saturated heterocycles. The van der Waals surface area contributed by atoms with E-state index in [9.17, 15) is 9.59 Å². The van der Waals surface area contributed by atoms with Crippen LogP contribution in [-0.4, -0.2) is 85.6 Å². The predicted molar refractivity (Wildman–Crippen MR) is 122 cm³/mol. The number of amides is 2. The Morgan fingerprint density at radius 3 is 2.44 bits per heavy atom. The summed E-state index contributed by atoms with van der Waals surface area (Å²) in [5.74, 6) is 0.570. The average Bonchev–Trinajstić information content (AvgIpc) is 2.85. The summed E-state index contributed by atoms with van der Waals surface area (Å²) in [7, 11) is 0. The minimum Gasteiger partial charge on any atom is -0.491 e. The molecule has 2 heterocycles. The lowest BCUT2D eigenvalue weighted by Crippen LogP contribution is -2.51. The van der Waals surface area contributed by atoms with Gasteiger partial charge in [0.2, 0.25) is 5.91 Å². The molecule has 0 radical (unpaired) electrons. The Hall–Kier alpha value is -2.90. The van der Waals surface area contributed by atoms with Crippen LogP contribution in [0.1, 0.15) is 28.9 Å². The van der Waals surface area contributed by atoms with E-state index in [1.54, 1.807) is 6.92 Å². The van der Waals surface area contributed by atoms with E-state index in [-0.39, 0.29) is 17.9 Å². The van der Waals surface area contributed by atoms with Crippen molar-refractivity contribution in [2.45, 2.75) is 13.0 Å². The van der Waals surface area contributed by atoms with Gasteiger partial charge in [0.15, 0.2) is 0 Å². The van der Waals surface area contributed by atoms with Crippen molar-refractivity contribution in [3.8, 4) is 5.75 Å². The molecule has 2 aliphatic rings. The first kappa shape index (κ1) is 22.3. The normalized spacial score (nSPS) is 19.6. The Morgan fingerprint density at radius 1 is 0.969 bits per heavy atom. The third-order valence-electron chi connectivity index (χ3n) is 6.16. The first-order chi connectivity index (χ1) is 15.6. The fourth-order valence-corrected chi connectivity index (χ4v) is 4.31. The van der Waals surface area contributed by atoms with Gasteiger partial charge in [0, 0.05) is 46.2 Å². The van der Waals surface area contributed by atoms with Crippen LogP contribution in [0.5, 0.6) is 5.75 Å². The van der Waals surface area contributed by atoms with E-state index in [4.69, 9.17) is 9.47 Å². The van der Waals surface area contributed by atoms with E-state index in [2.05, 4.69) is 4.90 Å². The molecule has 32 heavy (non-hydrogen) atoms. The van der Waals surface area contributed by atoms with Crippen molar-refractivity contribution in [3.05, 3.63) is 65.7 Å². The van der Waals surface area contributed by atoms with Gasteiger partial charge in [-0.15, -0.1) is 0 Å². The highest BCUT2D eigenvalue weighted by atomic mass is 16.5. The molecule has 0 N–H and O–H groups in total. The molecule has 2 aliphatic heterocycles. The molecular formula is C25H31N3O4. The van der Waals surface area contributed by atoms with Crippen molar-refractivity contribution in [1.29, 1.82) is 0 Å². The van der Waals surface area contributed by atoms with Crippen LogP contribution in [0.15, 0.2) is 54.6 Å². The molecule has 0 bridgehead atoms.